The minimum absolute atomic E-state index is 0.0842. The van der Waals surface area contributed by atoms with E-state index in [9.17, 15) is 23.1 Å². The Morgan fingerprint density at radius 2 is 1.66 bits per heavy atom. The molecular weight excluding hydrogens is 502 g/mol. The van der Waals surface area contributed by atoms with E-state index in [0.717, 1.165) is 37.7 Å². The van der Waals surface area contributed by atoms with Crippen LogP contribution in [0.5, 0.6) is 5.75 Å². The van der Waals surface area contributed by atoms with Gasteiger partial charge in [0, 0.05) is 24.4 Å². The highest BCUT2D eigenvalue weighted by Crippen LogP contribution is 2.49. The molecule has 8 heteroatoms. The summed E-state index contributed by atoms with van der Waals surface area (Å²) < 4.78 is 34.5. The maximum Gasteiger partial charge on any atom is 0.343 e. The van der Waals surface area contributed by atoms with Crippen molar-refractivity contribution in [1.29, 1.82) is 0 Å². The normalized spacial score (nSPS) is 17.0. The fourth-order valence-corrected chi connectivity index (χ4v) is 6.39. The number of aromatic hydroxyl groups is 1. The summed E-state index contributed by atoms with van der Waals surface area (Å²) in [5.41, 5.74) is 1.67. The van der Waals surface area contributed by atoms with Gasteiger partial charge < -0.3 is 9.52 Å². The largest absolute Gasteiger partial charge is 0.506 e. The van der Waals surface area contributed by atoms with E-state index < -0.39 is 21.6 Å². The van der Waals surface area contributed by atoms with Gasteiger partial charge in [-0.05, 0) is 72.9 Å². The van der Waals surface area contributed by atoms with Crippen molar-refractivity contribution in [2.75, 3.05) is 4.72 Å². The second-order valence-corrected chi connectivity index (χ2v) is 12.4. The Morgan fingerprint density at radius 3 is 2.34 bits per heavy atom. The van der Waals surface area contributed by atoms with Crippen molar-refractivity contribution in [1.82, 2.24) is 0 Å². The first kappa shape index (κ1) is 26.2. The number of rotatable bonds is 7. The van der Waals surface area contributed by atoms with E-state index in [1.165, 1.54) is 0 Å². The minimum atomic E-state index is -3.83. The van der Waals surface area contributed by atoms with E-state index in [-0.39, 0.29) is 45.2 Å². The molecule has 200 valence electrons. The second-order valence-electron chi connectivity index (χ2n) is 10.7. The number of aryl methyl sites for hydroxylation is 1. The third-order valence-corrected chi connectivity index (χ3v) is 8.95. The lowest BCUT2D eigenvalue weighted by Gasteiger charge is -2.21. The van der Waals surface area contributed by atoms with E-state index in [1.807, 2.05) is 32.0 Å². The maximum absolute atomic E-state index is 13.2. The quantitative estimate of drug-likeness (QED) is 0.377. The molecule has 1 atom stereocenters. The van der Waals surface area contributed by atoms with Gasteiger partial charge in [0.2, 0.25) is 0 Å². The van der Waals surface area contributed by atoms with E-state index in [2.05, 4.69) is 4.72 Å². The van der Waals surface area contributed by atoms with Gasteiger partial charge in [-0.3, -0.25) is 9.52 Å². The monoisotopic (exact) mass is 535 g/mol. The molecule has 0 saturated heterocycles. The fraction of sp³-hybridized carbons (Fsp3) is 0.400. The Morgan fingerprint density at radius 1 is 0.947 bits per heavy atom. The molecule has 3 aromatic rings. The standard InChI is InChI=1S/C30H33NO6S/c1-18(2)19-13-15-23(16-14-19)38(35,36)31-22-8-6-7-21(17-22)26(20-11-12-20)28-29(33)27-24(32)9-4-3-5-10-25(27)37-30(28)34/h6-8,13-18,20,26,31,33H,3-5,9-12H2,1-2H3. The molecular formula is C30H33NO6S. The number of anilines is 1. The third kappa shape index (κ3) is 5.27. The van der Waals surface area contributed by atoms with Crippen molar-refractivity contribution in [3.8, 4) is 5.75 Å². The molecule has 2 aliphatic carbocycles. The zero-order chi connectivity index (χ0) is 27.0. The fourth-order valence-electron chi connectivity index (χ4n) is 5.34. The van der Waals surface area contributed by atoms with Crippen molar-refractivity contribution in [2.24, 2.45) is 5.92 Å². The predicted molar refractivity (Wildman–Crippen MR) is 145 cm³/mol. The molecule has 2 N–H and O–H groups in total. The van der Waals surface area contributed by atoms with Crippen molar-refractivity contribution in [3.63, 3.8) is 0 Å². The van der Waals surface area contributed by atoms with Gasteiger partial charge in [-0.1, -0.05) is 44.5 Å². The summed E-state index contributed by atoms with van der Waals surface area (Å²) in [7, 11) is -3.83. The number of nitrogens with one attached hydrogen (secondary N) is 1. The minimum Gasteiger partial charge on any atom is -0.506 e. The molecule has 1 unspecified atom stereocenters. The number of carbonyl (C=O) groups excluding carboxylic acids is 1. The zero-order valence-corrected chi connectivity index (χ0v) is 22.5. The van der Waals surface area contributed by atoms with Crippen LogP contribution >= 0.6 is 0 Å². The van der Waals surface area contributed by atoms with Crippen LogP contribution < -0.4 is 10.3 Å². The van der Waals surface area contributed by atoms with Crippen LogP contribution in [-0.2, 0) is 16.4 Å². The van der Waals surface area contributed by atoms with Crippen LogP contribution in [-0.4, -0.2) is 19.3 Å². The summed E-state index contributed by atoms with van der Waals surface area (Å²) >= 11 is 0. The number of hydrogen-bond donors (Lipinski definition) is 2. The van der Waals surface area contributed by atoms with Crippen molar-refractivity contribution >= 4 is 21.5 Å². The summed E-state index contributed by atoms with van der Waals surface area (Å²) in [6.07, 6.45) is 4.84. The summed E-state index contributed by atoms with van der Waals surface area (Å²) in [4.78, 5) is 26.2. The molecule has 5 rings (SSSR count). The molecule has 2 aliphatic rings. The Kier molecular flexibility index (Phi) is 7.18. The topological polar surface area (TPSA) is 114 Å². The summed E-state index contributed by atoms with van der Waals surface area (Å²) in [5, 5.41) is 11.3. The van der Waals surface area contributed by atoms with E-state index in [4.69, 9.17) is 4.42 Å². The van der Waals surface area contributed by atoms with Crippen molar-refractivity contribution in [2.45, 2.75) is 75.5 Å². The molecule has 7 nitrogen and oxygen atoms in total. The second kappa shape index (κ2) is 10.4. The molecule has 0 aliphatic heterocycles. The highest BCUT2D eigenvalue weighted by atomic mass is 32.2. The van der Waals surface area contributed by atoms with E-state index in [0.29, 0.717) is 24.1 Å². The number of ketones is 1. The molecule has 0 bridgehead atoms. The zero-order valence-electron chi connectivity index (χ0n) is 21.7. The van der Waals surface area contributed by atoms with Crippen LogP contribution in [0.15, 0.2) is 62.6 Å². The SMILES string of the molecule is CC(C)c1ccc(S(=O)(=O)Nc2cccc(C(c3c(O)c4c(oc3=O)CCCCCC4=O)C3CC3)c2)cc1. The highest BCUT2D eigenvalue weighted by molar-refractivity contribution is 7.92. The Balaban J connectivity index is 1.51. The van der Waals surface area contributed by atoms with Crippen LogP contribution in [0.4, 0.5) is 5.69 Å². The van der Waals surface area contributed by atoms with Gasteiger partial charge in [-0.15, -0.1) is 0 Å². The molecule has 2 aromatic carbocycles. The van der Waals surface area contributed by atoms with Crippen molar-refractivity contribution < 1.29 is 22.7 Å². The van der Waals surface area contributed by atoms with Crippen LogP contribution in [0, 0.1) is 5.92 Å². The van der Waals surface area contributed by atoms with Crippen molar-refractivity contribution in [3.05, 3.63) is 87.0 Å². The summed E-state index contributed by atoms with van der Waals surface area (Å²) in [5.74, 6) is -0.360. The Bertz CT molecular complexity index is 1520. The number of hydrogen-bond acceptors (Lipinski definition) is 6. The first-order chi connectivity index (χ1) is 18.2. The Hall–Kier alpha value is -3.39. The number of sulfonamides is 1. The Labute approximate surface area is 223 Å². The van der Waals surface area contributed by atoms with Gasteiger partial charge in [-0.25, -0.2) is 13.2 Å². The molecule has 1 aromatic heterocycles. The predicted octanol–water partition coefficient (Wildman–Crippen LogP) is 6.11. The lowest BCUT2D eigenvalue weighted by Crippen LogP contribution is -2.21. The first-order valence-corrected chi connectivity index (χ1v) is 14.8. The van der Waals surface area contributed by atoms with Crippen LogP contribution in [0.2, 0.25) is 0 Å². The first-order valence-electron chi connectivity index (χ1n) is 13.3. The number of Topliss-reactive ketones (excluding diaryl/α,β-unsaturated/α-hetero) is 1. The third-order valence-electron chi connectivity index (χ3n) is 7.55. The molecule has 1 saturated carbocycles. The summed E-state index contributed by atoms with van der Waals surface area (Å²) in [6.45, 7) is 4.09. The molecule has 0 radical (unpaired) electrons. The smallest absolute Gasteiger partial charge is 0.343 e. The lowest BCUT2D eigenvalue weighted by molar-refractivity contribution is 0.0968. The number of benzene rings is 2. The van der Waals surface area contributed by atoms with Gasteiger partial charge in [-0.2, -0.15) is 0 Å². The van der Waals surface area contributed by atoms with E-state index >= 15 is 0 Å². The van der Waals surface area contributed by atoms with Gasteiger partial charge in [0.05, 0.1) is 16.0 Å². The summed E-state index contributed by atoms with van der Waals surface area (Å²) in [6, 6.07) is 13.7. The van der Waals surface area contributed by atoms with Gasteiger partial charge in [0.15, 0.2) is 5.78 Å². The number of fused-ring (bicyclic) bond motifs is 1. The van der Waals surface area contributed by atoms with Crippen LogP contribution in [0.3, 0.4) is 0 Å². The molecule has 0 amide bonds. The van der Waals surface area contributed by atoms with Crippen LogP contribution in [0.25, 0.3) is 0 Å². The number of carbonyl (C=O) groups is 1. The maximum atomic E-state index is 13.2. The molecule has 0 spiro atoms. The van der Waals surface area contributed by atoms with E-state index in [1.54, 1.807) is 30.3 Å². The van der Waals surface area contributed by atoms with Crippen LogP contribution in [0.1, 0.15) is 97.0 Å². The lowest BCUT2D eigenvalue weighted by atomic mass is 9.85. The molecule has 1 heterocycles. The molecule has 38 heavy (non-hydrogen) atoms. The average molecular weight is 536 g/mol. The highest BCUT2D eigenvalue weighted by Gasteiger charge is 2.39. The van der Waals surface area contributed by atoms with Gasteiger partial charge in [0.25, 0.3) is 10.0 Å². The van der Waals surface area contributed by atoms with Gasteiger partial charge in [0.1, 0.15) is 11.5 Å². The average Bonchev–Trinajstić information content (AvgIpc) is 3.70. The van der Waals surface area contributed by atoms with Gasteiger partial charge >= 0.3 is 5.63 Å². The molecule has 1 fully saturated rings.